The van der Waals surface area contributed by atoms with Crippen LogP contribution in [-0.4, -0.2) is 37.3 Å². The number of benzene rings is 1. The van der Waals surface area contributed by atoms with Gasteiger partial charge in [0.25, 0.3) is 5.91 Å². The molecule has 5 nitrogen and oxygen atoms in total. The van der Waals surface area contributed by atoms with Crippen LogP contribution in [0.25, 0.3) is 10.9 Å². The number of hydrogen-bond donors (Lipinski definition) is 1. The Morgan fingerprint density at radius 2 is 2.26 bits per heavy atom. The van der Waals surface area contributed by atoms with Gasteiger partial charge in [-0.1, -0.05) is 0 Å². The third kappa shape index (κ3) is 3.62. The van der Waals surface area contributed by atoms with E-state index >= 15 is 0 Å². The number of fused-ring (bicyclic) bond motifs is 1. The zero-order valence-corrected chi connectivity index (χ0v) is 13.6. The molecule has 1 amide bonds. The maximum absolute atomic E-state index is 12.6. The molecule has 0 bridgehead atoms. The number of hydrogen-bond acceptors (Lipinski definition) is 4. The average Bonchev–Trinajstić information content (AvgIpc) is 2.59. The minimum absolute atomic E-state index is 0.0835. The van der Waals surface area contributed by atoms with Crippen molar-refractivity contribution in [1.82, 2.24) is 10.3 Å². The number of amides is 1. The largest absolute Gasteiger partial charge is 0.497 e. The van der Waals surface area contributed by atoms with Crippen molar-refractivity contribution in [3.63, 3.8) is 0 Å². The highest BCUT2D eigenvalue weighted by Gasteiger charge is 2.17. The molecule has 1 fully saturated rings. The highest BCUT2D eigenvalue weighted by atomic mass is 16.5. The fourth-order valence-electron chi connectivity index (χ4n) is 2.93. The van der Waals surface area contributed by atoms with Gasteiger partial charge in [0.1, 0.15) is 5.75 Å². The van der Waals surface area contributed by atoms with Crippen molar-refractivity contribution in [2.24, 2.45) is 0 Å². The van der Waals surface area contributed by atoms with Crippen LogP contribution in [0.2, 0.25) is 0 Å². The van der Waals surface area contributed by atoms with Crippen LogP contribution in [0, 0.1) is 6.92 Å². The van der Waals surface area contributed by atoms with Gasteiger partial charge in [0, 0.05) is 30.3 Å². The van der Waals surface area contributed by atoms with E-state index in [0.717, 1.165) is 48.2 Å². The van der Waals surface area contributed by atoms with E-state index in [0.29, 0.717) is 12.1 Å². The zero-order chi connectivity index (χ0) is 16.2. The molecule has 1 aliphatic rings. The Balaban J connectivity index is 1.81. The van der Waals surface area contributed by atoms with Crippen LogP contribution in [0.3, 0.4) is 0 Å². The Hall–Kier alpha value is -2.14. The Morgan fingerprint density at radius 1 is 1.39 bits per heavy atom. The summed E-state index contributed by atoms with van der Waals surface area (Å²) in [5.74, 6) is 0.650. The fraction of sp³-hybridized carbons (Fsp3) is 0.444. The Labute approximate surface area is 136 Å². The molecule has 1 aliphatic heterocycles. The predicted molar refractivity (Wildman–Crippen MR) is 89.0 cm³/mol. The number of aromatic nitrogens is 1. The lowest BCUT2D eigenvalue weighted by molar-refractivity contribution is 0.0169. The van der Waals surface area contributed by atoms with E-state index in [1.54, 1.807) is 7.11 Å². The smallest absolute Gasteiger partial charge is 0.252 e. The Morgan fingerprint density at radius 3 is 3.00 bits per heavy atom. The Bertz CT molecular complexity index is 709. The summed E-state index contributed by atoms with van der Waals surface area (Å²) in [6, 6.07) is 7.40. The van der Waals surface area contributed by atoms with Crippen LogP contribution >= 0.6 is 0 Å². The van der Waals surface area contributed by atoms with Crippen LogP contribution in [0.1, 0.15) is 35.3 Å². The summed E-state index contributed by atoms with van der Waals surface area (Å²) < 4.78 is 10.9. The lowest BCUT2D eigenvalue weighted by atomic mass is 10.1. The van der Waals surface area contributed by atoms with Crippen LogP contribution in [0.15, 0.2) is 24.3 Å². The highest BCUT2D eigenvalue weighted by Crippen LogP contribution is 2.23. The van der Waals surface area contributed by atoms with E-state index < -0.39 is 0 Å². The lowest BCUT2D eigenvalue weighted by Crippen LogP contribution is -2.35. The molecule has 3 rings (SSSR count). The number of methoxy groups -OCH3 is 1. The number of pyridine rings is 1. The summed E-state index contributed by atoms with van der Waals surface area (Å²) in [6.45, 7) is 3.23. The van der Waals surface area contributed by atoms with Gasteiger partial charge < -0.3 is 14.8 Å². The summed E-state index contributed by atoms with van der Waals surface area (Å²) in [5, 5.41) is 3.83. The van der Waals surface area contributed by atoms with Crippen LogP contribution in [-0.2, 0) is 4.74 Å². The molecule has 1 aromatic heterocycles. The molecular weight excluding hydrogens is 292 g/mol. The second kappa shape index (κ2) is 6.96. The van der Waals surface area contributed by atoms with Crippen molar-refractivity contribution in [2.75, 3.05) is 20.3 Å². The van der Waals surface area contributed by atoms with Crippen molar-refractivity contribution in [1.29, 1.82) is 0 Å². The van der Waals surface area contributed by atoms with Gasteiger partial charge in [-0.25, -0.2) is 0 Å². The molecule has 1 saturated heterocycles. The monoisotopic (exact) mass is 314 g/mol. The van der Waals surface area contributed by atoms with Crippen molar-refractivity contribution < 1.29 is 14.3 Å². The number of carbonyl (C=O) groups excluding carboxylic acids is 1. The molecule has 2 aromatic rings. The van der Waals surface area contributed by atoms with Gasteiger partial charge in [-0.05, 0) is 44.4 Å². The third-order valence-electron chi connectivity index (χ3n) is 4.15. The molecule has 2 heterocycles. The van der Waals surface area contributed by atoms with Gasteiger partial charge in [0.2, 0.25) is 0 Å². The fourth-order valence-corrected chi connectivity index (χ4v) is 2.93. The molecule has 1 atom stereocenters. The molecule has 0 unspecified atom stereocenters. The van der Waals surface area contributed by atoms with E-state index in [4.69, 9.17) is 9.47 Å². The lowest BCUT2D eigenvalue weighted by Gasteiger charge is -2.22. The predicted octanol–water partition coefficient (Wildman–Crippen LogP) is 2.85. The number of ether oxygens (including phenoxy) is 2. The third-order valence-corrected chi connectivity index (χ3v) is 4.15. The van der Waals surface area contributed by atoms with Gasteiger partial charge in [-0.2, -0.15) is 0 Å². The quantitative estimate of drug-likeness (QED) is 0.942. The van der Waals surface area contributed by atoms with Crippen LogP contribution in [0.4, 0.5) is 0 Å². The van der Waals surface area contributed by atoms with Crippen molar-refractivity contribution in [3.05, 3.63) is 35.5 Å². The second-order valence-electron chi connectivity index (χ2n) is 5.89. The normalized spacial score (nSPS) is 17.9. The van der Waals surface area contributed by atoms with Gasteiger partial charge >= 0.3 is 0 Å². The SMILES string of the molecule is COc1ccc2c(C(=O)NC[C@H]3CCCCO3)cc(C)nc2c1. The van der Waals surface area contributed by atoms with E-state index in [9.17, 15) is 4.79 Å². The summed E-state index contributed by atoms with van der Waals surface area (Å²) in [4.78, 5) is 17.1. The number of carbonyl (C=O) groups is 1. The zero-order valence-electron chi connectivity index (χ0n) is 13.6. The van der Waals surface area contributed by atoms with Crippen LogP contribution in [0.5, 0.6) is 5.75 Å². The van der Waals surface area contributed by atoms with Crippen molar-refractivity contribution in [2.45, 2.75) is 32.3 Å². The summed E-state index contributed by atoms with van der Waals surface area (Å²) in [7, 11) is 1.62. The first-order chi connectivity index (χ1) is 11.2. The number of nitrogens with zero attached hydrogens (tertiary/aromatic N) is 1. The van der Waals surface area contributed by atoms with E-state index in [1.165, 1.54) is 0 Å². The standard InChI is InChI=1S/C18H22N2O3/c1-12-9-16(15-7-6-13(22-2)10-17(15)20-12)18(21)19-11-14-5-3-4-8-23-14/h6-7,9-10,14H,3-5,8,11H2,1-2H3,(H,19,21)/t14-/m1/s1. The number of rotatable bonds is 4. The van der Waals surface area contributed by atoms with E-state index in [2.05, 4.69) is 10.3 Å². The molecule has 0 spiro atoms. The average molecular weight is 314 g/mol. The molecule has 0 aliphatic carbocycles. The first-order valence-electron chi connectivity index (χ1n) is 8.02. The molecule has 1 N–H and O–H groups in total. The maximum Gasteiger partial charge on any atom is 0.252 e. The van der Waals surface area contributed by atoms with E-state index in [1.807, 2.05) is 31.2 Å². The van der Waals surface area contributed by atoms with Gasteiger partial charge in [0.15, 0.2) is 0 Å². The topological polar surface area (TPSA) is 60.5 Å². The summed E-state index contributed by atoms with van der Waals surface area (Å²) >= 11 is 0. The Kier molecular flexibility index (Phi) is 4.76. The molecule has 0 radical (unpaired) electrons. The molecule has 1 aromatic carbocycles. The highest BCUT2D eigenvalue weighted by molar-refractivity contribution is 6.06. The van der Waals surface area contributed by atoms with Gasteiger partial charge in [-0.3, -0.25) is 9.78 Å². The molecule has 122 valence electrons. The van der Waals surface area contributed by atoms with Crippen molar-refractivity contribution >= 4 is 16.8 Å². The minimum Gasteiger partial charge on any atom is -0.497 e. The van der Waals surface area contributed by atoms with Gasteiger partial charge in [0.05, 0.1) is 24.3 Å². The minimum atomic E-state index is -0.0835. The molecular formula is C18H22N2O3. The number of nitrogens with one attached hydrogen (secondary N) is 1. The van der Waals surface area contributed by atoms with E-state index in [-0.39, 0.29) is 12.0 Å². The number of aryl methyl sites for hydroxylation is 1. The van der Waals surface area contributed by atoms with Gasteiger partial charge in [-0.15, -0.1) is 0 Å². The maximum atomic E-state index is 12.6. The van der Waals surface area contributed by atoms with Crippen LogP contribution < -0.4 is 10.1 Å². The molecule has 5 heteroatoms. The molecule has 0 saturated carbocycles. The summed E-state index contributed by atoms with van der Waals surface area (Å²) in [5.41, 5.74) is 2.22. The molecule has 23 heavy (non-hydrogen) atoms. The first-order valence-corrected chi connectivity index (χ1v) is 8.02. The van der Waals surface area contributed by atoms with Crippen molar-refractivity contribution in [3.8, 4) is 5.75 Å². The first kappa shape index (κ1) is 15.7. The second-order valence-corrected chi connectivity index (χ2v) is 5.89. The summed E-state index contributed by atoms with van der Waals surface area (Å²) in [6.07, 6.45) is 3.41.